The van der Waals surface area contributed by atoms with Crippen LogP contribution in [0.3, 0.4) is 0 Å². The fourth-order valence-corrected chi connectivity index (χ4v) is 4.93. The molecule has 0 aromatic heterocycles. The average Bonchev–Trinajstić information content (AvgIpc) is 2.85. The fraction of sp³-hybridized carbons (Fsp3) is 0.933. The number of unbranched alkanes of at least 4 members (excludes halogenated alkanes) is 8. The van der Waals surface area contributed by atoms with Gasteiger partial charge in [-0.2, -0.15) is 0 Å². The number of hydrogen-bond donors (Lipinski definition) is 0. The van der Waals surface area contributed by atoms with Gasteiger partial charge in [0.1, 0.15) is 12.2 Å². The van der Waals surface area contributed by atoms with Gasteiger partial charge in [0.2, 0.25) is 0 Å². The first-order valence-electron chi connectivity index (χ1n) is 15.1. The van der Waals surface area contributed by atoms with E-state index in [1.165, 1.54) is 57.8 Å². The van der Waals surface area contributed by atoms with Crippen molar-refractivity contribution in [2.24, 2.45) is 11.8 Å². The largest absolute Gasteiger partial charge is 0.508 e. The molecule has 0 aromatic carbocycles. The smallest absolute Gasteiger partial charge is 0.434 e. The van der Waals surface area contributed by atoms with Gasteiger partial charge in [-0.25, -0.2) is 9.59 Å². The minimum atomic E-state index is -0.656. The van der Waals surface area contributed by atoms with Crippen LogP contribution in [0.2, 0.25) is 0 Å². The average molecular weight is 513 g/mol. The van der Waals surface area contributed by atoms with E-state index in [2.05, 4.69) is 27.7 Å². The number of ether oxygens (including phenoxy) is 4. The first-order valence-corrected chi connectivity index (χ1v) is 15.1. The molecule has 0 radical (unpaired) electrons. The molecule has 1 saturated carbocycles. The summed E-state index contributed by atoms with van der Waals surface area (Å²) in [5.41, 5.74) is 0. The molecule has 0 amide bonds. The molecule has 0 bridgehead atoms. The maximum absolute atomic E-state index is 12.4. The summed E-state index contributed by atoms with van der Waals surface area (Å²) >= 11 is 0. The van der Waals surface area contributed by atoms with Gasteiger partial charge in [-0.1, -0.05) is 98.3 Å². The predicted molar refractivity (Wildman–Crippen MR) is 145 cm³/mol. The first kappa shape index (κ1) is 32.6. The molecule has 0 aliphatic heterocycles. The molecule has 6 heteroatoms. The highest BCUT2D eigenvalue weighted by molar-refractivity contribution is 5.61. The third-order valence-corrected chi connectivity index (χ3v) is 7.13. The third kappa shape index (κ3) is 17.1. The molecule has 0 spiro atoms. The van der Waals surface area contributed by atoms with E-state index in [1.54, 1.807) is 0 Å². The second kappa shape index (κ2) is 21.6. The van der Waals surface area contributed by atoms with Crippen molar-refractivity contribution >= 4 is 12.3 Å². The van der Waals surface area contributed by atoms with Crippen molar-refractivity contribution in [1.82, 2.24) is 0 Å². The van der Waals surface area contributed by atoms with Crippen molar-refractivity contribution in [3.63, 3.8) is 0 Å². The van der Waals surface area contributed by atoms with Crippen LogP contribution in [-0.4, -0.2) is 37.7 Å². The predicted octanol–water partition coefficient (Wildman–Crippen LogP) is 9.38. The van der Waals surface area contributed by atoms with Crippen LogP contribution in [0.5, 0.6) is 0 Å². The van der Waals surface area contributed by atoms with Crippen LogP contribution < -0.4 is 0 Å². The van der Waals surface area contributed by atoms with Gasteiger partial charge in [-0.05, 0) is 56.8 Å². The van der Waals surface area contributed by atoms with Crippen LogP contribution in [0.1, 0.15) is 143 Å². The summed E-state index contributed by atoms with van der Waals surface area (Å²) in [6.07, 6.45) is 17.4. The van der Waals surface area contributed by atoms with E-state index in [0.717, 1.165) is 50.9 Å². The lowest BCUT2D eigenvalue weighted by atomic mass is 9.94. The highest BCUT2D eigenvalue weighted by Gasteiger charge is 2.32. The van der Waals surface area contributed by atoms with E-state index < -0.39 is 24.5 Å². The lowest BCUT2D eigenvalue weighted by Crippen LogP contribution is -2.38. The Morgan fingerprint density at radius 1 is 0.667 bits per heavy atom. The van der Waals surface area contributed by atoms with Crippen molar-refractivity contribution in [1.29, 1.82) is 0 Å². The molecule has 1 aliphatic rings. The number of carbonyl (C=O) groups excluding carboxylic acids is 2. The highest BCUT2D eigenvalue weighted by atomic mass is 16.8. The van der Waals surface area contributed by atoms with E-state index >= 15 is 0 Å². The fourth-order valence-electron chi connectivity index (χ4n) is 4.93. The molecular formula is C30H56O6. The Balaban J connectivity index is 2.22. The zero-order chi connectivity index (χ0) is 26.4. The van der Waals surface area contributed by atoms with E-state index in [-0.39, 0.29) is 0 Å². The van der Waals surface area contributed by atoms with Gasteiger partial charge >= 0.3 is 12.3 Å². The Bertz CT molecular complexity index is 550. The van der Waals surface area contributed by atoms with Crippen LogP contribution in [0.25, 0.3) is 0 Å². The second-order valence-electron chi connectivity index (χ2n) is 11.1. The van der Waals surface area contributed by atoms with Crippen LogP contribution in [-0.2, 0) is 18.9 Å². The lowest BCUT2D eigenvalue weighted by Gasteiger charge is -2.30. The summed E-state index contributed by atoms with van der Waals surface area (Å²) in [7, 11) is 0. The summed E-state index contributed by atoms with van der Waals surface area (Å²) in [5.74, 6) is 1.18. The van der Waals surface area contributed by atoms with Gasteiger partial charge in [0.15, 0.2) is 0 Å². The van der Waals surface area contributed by atoms with Crippen LogP contribution >= 0.6 is 0 Å². The standard InChI is InChI=1S/C30H56O6/c1-5-7-13-20-26(18-6-2)24-34-30(32)36-28-22-16-15-21-27(28)35-29(31)33-23-17-12-10-8-9-11-14-19-25(3)4/h25-28H,5-24H2,1-4H3. The Hall–Kier alpha value is -1.46. The van der Waals surface area contributed by atoms with Crippen molar-refractivity contribution in [3.05, 3.63) is 0 Å². The van der Waals surface area contributed by atoms with Gasteiger partial charge in [0.05, 0.1) is 13.2 Å². The molecule has 6 nitrogen and oxygen atoms in total. The molecule has 212 valence electrons. The second-order valence-corrected chi connectivity index (χ2v) is 11.1. The topological polar surface area (TPSA) is 71.1 Å². The molecule has 0 heterocycles. The quantitative estimate of drug-likeness (QED) is 0.119. The van der Waals surface area contributed by atoms with Gasteiger partial charge in [-0.15, -0.1) is 0 Å². The molecule has 0 N–H and O–H groups in total. The van der Waals surface area contributed by atoms with Crippen molar-refractivity contribution < 1.29 is 28.5 Å². The lowest BCUT2D eigenvalue weighted by molar-refractivity contribution is -0.0730. The molecule has 1 aliphatic carbocycles. The zero-order valence-corrected chi connectivity index (χ0v) is 23.9. The van der Waals surface area contributed by atoms with Gasteiger partial charge in [-0.3, -0.25) is 0 Å². The minimum Gasteiger partial charge on any atom is -0.434 e. The van der Waals surface area contributed by atoms with Crippen molar-refractivity contribution in [2.75, 3.05) is 13.2 Å². The highest BCUT2D eigenvalue weighted by Crippen LogP contribution is 2.25. The molecule has 1 fully saturated rings. The monoisotopic (exact) mass is 512 g/mol. The molecular weight excluding hydrogens is 456 g/mol. The Kier molecular flexibility index (Phi) is 19.5. The van der Waals surface area contributed by atoms with Crippen LogP contribution in [0, 0.1) is 11.8 Å². The normalized spacial score (nSPS) is 18.6. The molecule has 3 atom stereocenters. The molecule has 0 aromatic rings. The zero-order valence-electron chi connectivity index (χ0n) is 23.9. The maximum atomic E-state index is 12.4. The summed E-state index contributed by atoms with van der Waals surface area (Å²) in [5, 5.41) is 0. The third-order valence-electron chi connectivity index (χ3n) is 7.13. The SMILES string of the molecule is CCCCCC(CCC)COC(=O)OC1CCCCC1OC(=O)OCCCCCCCCCC(C)C. The summed E-state index contributed by atoms with van der Waals surface area (Å²) in [6, 6.07) is 0. The maximum Gasteiger partial charge on any atom is 0.508 e. The summed E-state index contributed by atoms with van der Waals surface area (Å²) < 4.78 is 21.9. The van der Waals surface area contributed by atoms with E-state index in [0.29, 0.717) is 32.0 Å². The number of carbonyl (C=O) groups is 2. The van der Waals surface area contributed by atoms with Gasteiger partial charge in [0.25, 0.3) is 0 Å². The number of rotatable bonds is 20. The Morgan fingerprint density at radius 3 is 1.81 bits per heavy atom. The summed E-state index contributed by atoms with van der Waals surface area (Å²) in [6.45, 7) is 9.68. The Labute approximate surface area is 221 Å². The van der Waals surface area contributed by atoms with Crippen molar-refractivity contribution in [2.45, 2.75) is 155 Å². The van der Waals surface area contributed by atoms with E-state index in [1.807, 2.05) is 0 Å². The minimum absolute atomic E-state index is 0.378. The summed E-state index contributed by atoms with van der Waals surface area (Å²) in [4.78, 5) is 24.6. The molecule has 36 heavy (non-hydrogen) atoms. The van der Waals surface area contributed by atoms with Crippen LogP contribution in [0.4, 0.5) is 9.59 Å². The molecule has 1 rings (SSSR count). The van der Waals surface area contributed by atoms with Gasteiger partial charge < -0.3 is 18.9 Å². The van der Waals surface area contributed by atoms with E-state index in [4.69, 9.17) is 18.9 Å². The molecule has 0 saturated heterocycles. The van der Waals surface area contributed by atoms with Crippen LogP contribution in [0.15, 0.2) is 0 Å². The van der Waals surface area contributed by atoms with Gasteiger partial charge in [0, 0.05) is 0 Å². The van der Waals surface area contributed by atoms with E-state index in [9.17, 15) is 9.59 Å². The van der Waals surface area contributed by atoms with Crippen molar-refractivity contribution in [3.8, 4) is 0 Å². The molecule has 3 unspecified atom stereocenters. The first-order chi connectivity index (χ1) is 17.5. The number of hydrogen-bond acceptors (Lipinski definition) is 6. The Morgan fingerprint density at radius 2 is 1.22 bits per heavy atom.